The van der Waals surface area contributed by atoms with Crippen LogP contribution in [-0.2, 0) is 18.6 Å². The minimum absolute atomic E-state index is 0.397. The van der Waals surface area contributed by atoms with Crippen molar-refractivity contribution in [2.24, 2.45) is 0 Å². The number of rotatable bonds is 9. The van der Waals surface area contributed by atoms with Crippen molar-refractivity contribution in [3.63, 3.8) is 0 Å². The van der Waals surface area contributed by atoms with Crippen molar-refractivity contribution in [3.8, 4) is 6.07 Å². The molecule has 6 heteroatoms. The molecule has 0 aromatic heterocycles. The molecule has 0 saturated carbocycles. The summed E-state index contributed by atoms with van der Waals surface area (Å²) < 4.78 is 21.2. The van der Waals surface area contributed by atoms with E-state index in [4.69, 9.17) is 14.5 Å². The van der Waals surface area contributed by atoms with Crippen LogP contribution in [0.15, 0.2) is 0 Å². The van der Waals surface area contributed by atoms with E-state index in [0.717, 1.165) is 12.8 Å². The minimum atomic E-state index is -1.65. The van der Waals surface area contributed by atoms with Gasteiger partial charge in [0.1, 0.15) is 12.7 Å². The molecule has 0 aromatic rings. The van der Waals surface area contributed by atoms with Crippen molar-refractivity contribution >= 4 is 14.0 Å². The third-order valence-corrected chi connectivity index (χ3v) is 3.14. The van der Waals surface area contributed by atoms with Crippen LogP contribution in [0.5, 0.6) is 0 Å². The highest BCUT2D eigenvalue weighted by molar-refractivity contribution is 7.39. The third-order valence-electron chi connectivity index (χ3n) is 1.99. The molecule has 0 bridgehead atoms. The monoisotopic (exact) mass is 260 g/mol. The molecule has 0 aliphatic heterocycles. The van der Waals surface area contributed by atoms with Gasteiger partial charge in [-0.1, -0.05) is 13.3 Å². The molecule has 2 unspecified atom stereocenters. The smallest absolute Gasteiger partial charge is 0.447 e. The van der Waals surface area contributed by atoms with Crippen LogP contribution in [0, 0.1) is 11.3 Å². The lowest BCUT2D eigenvalue weighted by atomic mass is 10.2. The van der Waals surface area contributed by atoms with E-state index in [1.165, 1.54) is 6.92 Å². The van der Waals surface area contributed by atoms with Crippen molar-refractivity contribution in [2.75, 3.05) is 12.8 Å². The van der Waals surface area contributed by atoms with E-state index in [-0.39, 0.29) is 0 Å². The van der Waals surface area contributed by atoms with E-state index in [9.17, 15) is 9.36 Å². The van der Waals surface area contributed by atoms with Crippen molar-refractivity contribution in [2.45, 2.75) is 45.6 Å². The number of ether oxygens (including phenoxy) is 1. The lowest BCUT2D eigenvalue weighted by Crippen LogP contribution is -2.14. The first-order valence-corrected chi connectivity index (χ1v) is 7.10. The highest BCUT2D eigenvalue weighted by Crippen LogP contribution is 2.24. The minimum Gasteiger partial charge on any atom is -0.447 e. The zero-order chi connectivity index (χ0) is 13.1. The van der Waals surface area contributed by atoms with Crippen molar-refractivity contribution < 1.29 is 18.6 Å². The number of nitriles is 1. The van der Waals surface area contributed by atoms with Crippen LogP contribution in [0.3, 0.4) is 0 Å². The molecule has 0 saturated heterocycles. The molecule has 0 radical (unpaired) electrons. The van der Waals surface area contributed by atoms with Gasteiger partial charge in [-0.25, -0.2) is 0 Å². The zero-order valence-electron chi connectivity index (χ0n) is 10.3. The zero-order valence-corrected chi connectivity index (χ0v) is 11.2. The Morgan fingerprint density at radius 1 is 1.47 bits per heavy atom. The Morgan fingerprint density at radius 2 is 2.18 bits per heavy atom. The molecule has 0 aromatic carbocycles. The van der Waals surface area contributed by atoms with Gasteiger partial charge in [0.05, 0.1) is 0 Å². The van der Waals surface area contributed by atoms with E-state index < -0.39 is 20.1 Å². The van der Waals surface area contributed by atoms with Crippen LogP contribution < -0.4 is 0 Å². The number of esters is 1. The van der Waals surface area contributed by atoms with Crippen LogP contribution in [0.4, 0.5) is 0 Å². The van der Waals surface area contributed by atoms with E-state index in [1.54, 1.807) is 0 Å². The molecule has 0 rings (SSSR count). The standard InChI is InChI=1S/C11H19NO4P/c1-3-4-7-15-17(14)8-5-6-11(9-12)16-10(2)13/h11H,3-8H2,1-2H3/q+1. The summed E-state index contributed by atoms with van der Waals surface area (Å²) in [6.07, 6.45) is 2.51. The van der Waals surface area contributed by atoms with Gasteiger partial charge in [0.25, 0.3) is 0 Å². The Bertz CT molecular complexity index is 288. The van der Waals surface area contributed by atoms with Gasteiger partial charge in [0.2, 0.25) is 0 Å². The van der Waals surface area contributed by atoms with Gasteiger partial charge in [-0.3, -0.25) is 4.79 Å². The molecule has 2 atom stereocenters. The first kappa shape index (κ1) is 16.0. The fourth-order valence-corrected chi connectivity index (χ4v) is 2.03. The highest BCUT2D eigenvalue weighted by Gasteiger charge is 2.19. The van der Waals surface area contributed by atoms with Crippen LogP contribution in [0.1, 0.15) is 39.5 Å². The number of nitrogens with zero attached hydrogens (tertiary/aromatic N) is 1. The number of hydrogen-bond acceptors (Lipinski definition) is 5. The quantitative estimate of drug-likeness (QED) is 0.362. The van der Waals surface area contributed by atoms with Crippen molar-refractivity contribution in [1.29, 1.82) is 5.26 Å². The maximum Gasteiger partial charge on any atom is 0.508 e. The Hall–Kier alpha value is -0.980. The molecule has 0 spiro atoms. The first-order chi connectivity index (χ1) is 8.10. The summed E-state index contributed by atoms with van der Waals surface area (Å²) in [7, 11) is -1.65. The van der Waals surface area contributed by atoms with E-state index in [2.05, 4.69) is 0 Å². The van der Waals surface area contributed by atoms with Crippen LogP contribution in [0.25, 0.3) is 0 Å². The number of unbranched alkanes of at least 4 members (excludes halogenated alkanes) is 1. The molecule has 5 nitrogen and oxygen atoms in total. The number of carbonyl (C=O) groups is 1. The Kier molecular flexibility index (Phi) is 9.60. The van der Waals surface area contributed by atoms with Gasteiger partial charge in [-0.05, 0) is 17.4 Å². The largest absolute Gasteiger partial charge is 0.508 e. The maximum atomic E-state index is 11.3. The van der Waals surface area contributed by atoms with Gasteiger partial charge in [-0.15, -0.1) is 4.52 Å². The summed E-state index contributed by atoms with van der Waals surface area (Å²) in [6, 6.07) is 1.88. The predicted octanol–water partition coefficient (Wildman–Crippen LogP) is 2.78. The predicted molar refractivity (Wildman–Crippen MR) is 63.7 cm³/mol. The lowest BCUT2D eigenvalue weighted by Gasteiger charge is -2.06. The van der Waals surface area contributed by atoms with E-state index in [0.29, 0.717) is 25.6 Å². The summed E-state index contributed by atoms with van der Waals surface area (Å²) in [5.41, 5.74) is 0. The summed E-state index contributed by atoms with van der Waals surface area (Å²) >= 11 is 0. The molecular weight excluding hydrogens is 241 g/mol. The van der Waals surface area contributed by atoms with Gasteiger partial charge < -0.3 is 4.74 Å². The second-order valence-electron chi connectivity index (χ2n) is 3.61. The summed E-state index contributed by atoms with van der Waals surface area (Å²) in [4.78, 5) is 10.6. The van der Waals surface area contributed by atoms with Crippen LogP contribution in [-0.4, -0.2) is 24.8 Å². The molecule has 0 amide bonds. The SMILES string of the molecule is CCCCO[P+](=O)CCCC(C#N)OC(C)=O. The molecular formula is C11H19NO4P+. The molecule has 0 fully saturated rings. The lowest BCUT2D eigenvalue weighted by molar-refractivity contribution is -0.144. The molecule has 0 aliphatic rings. The fourth-order valence-electron chi connectivity index (χ4n) is 1.13. The molecule has 0 N–H and O–H groups in total. The van der Waals surface area contributed by atoms with Gasteiger partial charge in [-0.2, -0.15) is 5.26 Å². The average Bonchev–Trinajstić information content (AvgIpc) is 2.27. The third kappa shape index (κ3) is 9.92. The normalized spacial score (nSPS) is 12.6. The second kappa shape index (κ2) is 10.2. The average molecular weight is 260 g/mol. The first-order valence-electron chi connectivity index (χ1n) is 5.74. The number of hydrogen-bond donors (Lipinski definition) is 0. The topological polar surface area (TPSA) is 76.4 Å². The fraction of sp³-hybridized carbons (Fsp3) is 0.818. The second-order valence-corrected chi connectivity index (χ2v) is 4.98. The van der Waals surface area contributed by atoms with Crippen LogP contribution in [0.2, 0.25) is 0 Å². The molecule has 0 aliphatic carbocycles. The Labute approximate surface area is 103 Å². The van der Waals surface area contributed by atoms with Crippen molar-refractivity contribution in [3.05, 3.63) is 0 Å². The summed E-state index contributed by atoms with van der Waals surface area (Å²) in [6.45, 7) is 3.81. The number of carbonyl (C=O) groups excluding carboxylic acids is 1. The van der Waals surface area contributed by atoms with Gasteiger partial charge in [0.15, 0.2) is 12.3 Å². The van der Waals surface area contributed by atoms with Gasteiger partial charge in [0, 0.05) is 13.3 Å². The van der Waals surface area contributed by atoms with E-state index >= 15 is 0 Å². The highest BCUT2D eigenvalue weighted by atomic mass is 31.1. The summed E-state index contributed by atoms with van der Waals surface area (Å²) in [5.74, 6) is -0.472. The van der Waals surface area contributed by atoms with E-state index in [1.807, 2.05) is 13.0 Å². The van der Waals surface area contributed by atoms with Crippen molar-refractivity contribution in [1.82, 2.24) is 0 Å². The van der Waals surface area contributed by atoms with Crippen LogP contribution >= 0.6 is 8.03 Å². The molecule has 17 heavy (non-hydrogen) atoms. The Balaban J connectivity index is 3.63. The molecule has 96 valence electrons. The molecule has 0 heterocycles. The summed E-state index contributed by atoms with van der Waals surface area (Å²) in [5, 5.41) is 8.68. The Morgan fingerprint density at radius 3 is 2.71 bits per heavy atom. The van der Waals surface area contributed by atoms with Gasteiger partial charge >= 0.3 is 14.0 Å². The maximum absolute atomic E-state index is 11.3.